The van der Waals surface area contributed by atoms with Crippen LogP contribution in [0.15, 0.2) is 30.3 Å². The molecule has 0 unspecified atom stereocenters. The average Bonchev–Trinajstić information content (AvgIpc) is 2.61. The summed E-state index contributed by atoms with van der Waals surface area (Å²) in [6.07, 6.45) is 0.340. The number of nitrogens with two attached hydrogens (primary N) is 1. The Morgan fingerprint density at radius 1 is 1.43 bits per heavy atom. The van der Waals surface area contributed by atoms with Crippen molar-refractivity contribution in [2.75, 3.05) is 0 Å². The number of nitriles is 1. The Balaban J connectivity index is 2.41. The zero-order chi connectivity index (χ0) is 9.97. The van der Waals surface area contributed by atoms with E-state index < -0.39 is 0 Å². The molecule has 0 spiro atoms. The molecular formula is C11H11N3. The van der Waals surface area contributed by atoms with Gasteiger partial charge in [0.15, 0.2) is 0 Å². The molecule has 1 atom stereocenters. The van der Waals surface area contributed by atoms with Crippen molar-refractivity contribution in [3.8, 4) is 6.07 Å². The molecule has 2 aromatic rings. The molecule has 0 aliphatic heterocycles. The third-order valence-electron chi connectivity index (χ3n) is 2.26. The predicted molar refractivity (Wildman–Crippen MR) is 55.5 cm³/mol. The van der Waals surface area contributed by atoms with Gasteiger partial charge in [-0.2, -0.15) is 5.26 Å². The summed E-state index contributed by atoms with van der Waals surface area (Å²) >= 11 is 0. The number of fused-ring (bicyclic) bond motifs is 1. The summed E-state index contributed by atoms with van der Waals surface area (Å²) in [4.78, 5) is 3.20. The summed E-state index contributed by atoms with van der Waals surface area (Å²) in [6.45, 7) is 0. The highest BCUT2D eigenvalue weighted by Crippen LogP contribution is 2.19. The van der Waals surface area contributed by atoms with Crippen LogP contribution in [0.3, 0.4) is 0 Å². The molecule has 1 heterocycles. The van der Waals surface area contributed by atoms with Gasteiger partial charge in [-0.25, -0.2) is 0 Å². The normalized spacial score (nSPS) is 12.6. The van der Waals surface area contributed by atoms with E-state index in [-0.39, 0.29) is 6.04 Å². The van der Waals surface area contributed by atoms with Gasteiger partial charge in [-0.05, 0) is 17.5 Å². The zero-order valence-corrected chi connectivity index (χ0v) is 7.70. The van der Waals surface area contributed by atoms with E-state index in [9.17, 15) is 0 Å². The minimum absolute atomic E-state index is 0.215. The van der Waals surface area contributed by atoms with Crippen LogP contribution in [-0.4, -0.2) is 4.98 Å². The van der Waals surface area contributed by atoms with Crippen molar-refractivity contribution >= 4 is 10.9 Å². The van der Waals surface area contributed by atoms with Crippen LogP contribution in [0.5, 0.6) is 0 Å². The van der Waals surface area contributed by atoms with Crippen LogP contribution < -0.4 is 5.73 Å². The number of H-pyrrole nitrogens is 1. The van der Waals surface area contributed by atoms with E-state index in [0.29, 0.717) is 6.42 Å². The first kappa shape index (κ1) is 8.79. The Kier molecular flexibility index (Phi) is 2.21. The minimum Gasteiger partial charge on any atom is -0.357 e. The van der Waals surface area contributed by atoms with Crippen molar-refractivity contribution in [1.82, 2.24) is 4.98 Å². The molecule has 3 nitrogen and oxygen atoms in total. The van der Waals surface area contributed by atoms with Gasteiger partial charge in [-0.15, -0.1) is 0 Å². The highest BCUT2D eigenvalue weighted by Gasteiger charge is 2.07. The van der Waals surface area contributed by atoms with Crippen molar-refractivity contribution in [3.63, 3.8) is 0 Å². The van der Waals surface area contributed by atoms with E-state index in [4.69, 9.17) is 11.0 Å². The molecule has 0 fully saturated rings. The lowest BCUT2D eigenvalue weighted by molar-refractivity contribution is 0.728. The third kappa shape index (κ3) is 1.48. The number of benzene rings is 1. The standard InChI is InChI=1S/C11H11N3/c12-6-5-9(13)11-7-8-3-1-2-4-10(8)14-11/h1-4,7,9,14H,5,13H2/t9-/m1/s1. The van der Waals surface area contributed by atoms with Gasteiger partial charge < -0.3 is 10.7 Å². The molecule has 0 radical (unpaired) electrons. The molecular weight excluding hydrogens is 174 g/mol. The van der Waals surface area contributed by atoms with E-state index in [0.717, 1.165) is 16.6 Å². The maximum Gasteiger partial charge on any atom is 0.0642 e. The Morgan fingerprint density at radius 2 is 2.21 bits per heavy atom. The molecule has 0 amide bonds. The molecule has 2 rings (SSSR count). The lowest BCUT2D eigenvalue weighted by Crippen LogP contribution is -2.09. The van der Waals surface area contributed by atoms with Crippen molar-refractivity contribution in [1.29, 1.82) is 5.26 Å². The Morgan fingerprint density at radius 3 is 2.93 bits per heavy atom. The van der Waals surface area contributed by atoms with Gasteiger partial charge in [-0.1, -0.05) is 18.2 Å². The molecule has 70 valence electrons. The largest absolute Gasteiger partial charge is 0.357 e. The van der Waals surface area contributed by atoms with E-state index in [1.807, 2.05) is 30.3 Å². The number of hydrogen-bond acceptors (Lipinski definition) is 2. The van der Waals surface area contributed by atoms with Crippen molar-refractivity contribution in [3.05, 3.63) is 36.0 Å². The van der Waals surface area contributed by atoms with E-state index >= 15 is 0 Å². The van der Waals surface area contributed by atoms with Gasteiger partial charge in [0.25, 0.3) is 0 Å². The molecule has 3 N–H and O–H groups in total. The maximum absolute atomic E-state index is 8.53. The van der Waals surface area contributed by atoms with Gasteiger partial charge in [0, 0.05) is 11.2 Å². The fraction of sp³-hybridized carbons (Fsp3) is 0.182. The van der Waals surface area contributed by atoms with Crippen LogP contribution in [0.4, 0.5) is 0 Å². The van der Waals surface area contributed by atoms with E-state index in [1.54, 1.807) is 0 Å². The number of rotatable bonds is 2. The maximum atomic E-state index is 8.53. The number of nitrogens with zero attached hydrogens (tertiary/aromatic N) is 1. The molecule has 0 aliphatic rings. The lowest BCUT2D eigenvalue weighted by atomic mass is 10.1. The number of nitrogens with one attached hydrogen (secondary N) is 1. The van der Waals surface area contributed by atoms with Crippen molar-refractivity contribution in [2.45, 2.75) is 12.5 Å². The Hall–Kier alpha value is -1.79. The fourth-order valence-corrected chi connectivity index (χ4v) is 1.50. The summed E-state index contributed by atoms with van der Waals surface area (Å²) in [5.74, 6) is 0. The first-order valence-electron chi connectivity index (χ1n) is 4.51. The fourth-order valence-electron chi connectivity index (χ4n) is 1.50. The minimum atomic E-state index is -0.215. The van der Waals surface area contributed by atoms with E-state index in [2.05, 4.69) is 11.1 Å². The smallest absolute Gasteiger partial charge is 0.0642 e. The number of para-hydroxylation sites is 1. The topological polar surface area (TPSA) is 65.6 Å². The van der Waals surface area contributed by atoms with Crippen LogP contribution in [0.1, 0.15) is 18.2 Å². The first-order chi connectivity index (χ1) is 6.81. The molecule has 3 heteroatoms. The Bertz CT molecular complexity index is 445. The predicted octanol–water partition coefficient (Wildman–Crippen LogP) is 2.08. The number of aromatic amines is 1. The Labute approximate surface area is 82.1 Å². The van der Waals surface area contributed by atoms with Gasteiger partial charge in [0.2, 0.25) is 0 Å². The number of hydrogen-bond donors (Lipinski definition) is 2. The monoisotopic (exact) mass is 185 g/mol. The molecule has 14 heavy (non-hydrogen) atoms. The molecule has 1 aromatic carbocycles. The van der Waals surface area contributed by atoms with Gasteiger partial charge in [-0.3, -0.25) is 0 Å². The molecule has 0 aliphatic carbocycles. The average molecular weight is 185 g/mol. The van der Waals surface area contributed by atoms with Crippen molar-refractivity contribution in [2.24, 2.45) is 5.73 Å². The molecule has 0 saturated carbocycles. The molecule has 1 aromatic heterocycles. The summed E-state index contributed by atoms with van der Waals surface area (Å²) < 4.78 is 0. The van der Waals surface area contributed by atoms with Crippen LogP contribution in [0.2, 0.25) is 0 Å². The first-order valence-corrected chi connectivity index (χ1v) is 4.51. The summed E-state index contributed by atoms with van der Waals surface area (Å²) in [7, 11) is 0. The third-order valence-corrected chi connectivity index (χ3v) is 2.26. The lowest BCUT2D eigenvalue weighted by Gasteiger charge is -2.02. The second-order valence-electron chi connectivity index (χ2n) is 3.28. The van der Waals surface area contributed by atoms with Crippen LogP contribution >= 0.6 is 0 Å². The zero-order valence-electron chi connectivity index (χ0n) is 7.70. The highest BCUT2D eigenvalue weighted by molar-refractivity contribution is 5.80. The second kappa shape index (κ2) is 3.52. The molecule has 0 saturated heterocycles. The van der Waals surface area contributed by atoms with Gasteiger partial charge >= 0.3 is 0 Å². The summed E-state index contributed by atoms with van der Waals surface area (Å²) in [6, 6.07) is 11.8. The summed E-state index contributed by atoms with van der Waals surface area (Å²) in [5.41, 5.74) is 7.81. The van der Waals surface area contributed by atoms with Gasteiger partial charge in [0.05, 0.1) is 18.5 Å². The number of aromatic nitrogens is 1. The van der Waals surface area contributed by atoms with Crippen LogP contribution in [-0.2, 0) is 0 Å². The van der Waals surface area contributed by atoms with E-state index in [1.165, 1.54) is 0 Å². The van der Waals surface area contributed by atoms with Crippen LogP contribution in [0.25, 0.3) is 10.9 Å². The SMILES string of the molecule is N#CC[C@@H](N)c1cc2ccccc2[nH]1. The quantitative estimate of drug-likeness (QED) is 0.752. The molecule has 0 bridgehead atoms. The highest BCUT2D eigenvalue weighted by atomic mass is 14.8. The second-order valence-corrected chi connectivity index (χ2v) is 3.28. The van der Waals surface area contributed by atoms with Crippen LogP contribution in [0, 0.1) is 11.3 Å². The van der Waals surface area contributed by atoms with Gasteiger partial charge in [0.1, 0.15) is 0 Å². The summed E-state index contributed by atoms with van der Waals surface area (Å²) in [5, 5.41) is 9.66. The van der Waals surface area contributed by atoms with Crippen molar-refractivity contribution < 1.29 is 0 Å².